The standard InChI is InChI=1S/C14H30N2O6/c1-2-3-4-5-6-7-10(19)16-14(15)13(22)12(21)11(20)9(18)8-17/h9,11-14,17-18,20-22H,2-8,15H2,1H3,(H,16,19)/t9-,11-,12+,13-,14?/m1/s1. The Balaban J connectivity index is 4.12. The lowest BCUT2D eigenvalue weighted by Crippen LogP contribution is -2.58. The van der Waals surface area contributed by atoms with Gasteiger partial charge in [0.05, 0.1) is 6.61 Å². The second-order valence-corrected chi connectivity index (χ2v) is 5.48. The Morgan fingerprint density at radius 2 is 1.59 bits per heavy atom. The Kier molecular flexibility index (Phi) is 11.3. The molecule has 0 aliphatic carbocycles. The molecule has 0 aliphatic rings. The molecule has 5 atom stereocenters. The van der Waals surface area contributed by atoms with Crippen LogP contribution < -0.4 is 11.1 Å². The molecule has 0 spiro atoms. The summed E-state index contributed by atoms with van der Waals surface area (Å²) in [7, 11) is 0. The molecule has 0 heterocycles. The van der Waals surface area contributed by atoms with Gasteiger partial charge in [0.25, 0.3) is 0 Å². The van der Waals surface area contributed by atoms with E-state index in [0.717, 1.165) is 25.7 Å². The van der Waals surface area contributed by atoms with Gasteiger partial charge in [-0.3, -0.25) is 4.79 Å². The Morgan fingerprint density at radius 3 is 2.14 bits per heavy atom. The van der Waals surface area contributed by atoms with Crippen LogP contribution in [0, 0.1) is 0 Å². The molecule has 0 saturated carbocycles. The lowest BCUT2D eigenvalue weighted by atomic mass is 10.0. The molecule has 0 bridgehead atoms. The van der Waals surface area contributed by atoms with Crippen LogP contribution in [0.15, 0.2) is 0 Å². The Bertz CT molecular complexity index is 305. The van der Waals surface area contributed by atoms with E-state index in [4.69, 9.17) is 10.8 Å². The predicted molar refractivity (Wildman–Crippen MR) is 80.6 cm³/mol. The molecule has 8 N–H and O–H groups in total. The highest BCUT2D eigenvalue weighted by Gasteiger charge is 2.33. The summed E-state index contributed by atoms with van der Waals surface area (Å²) in [6, 6.07) is 0. The maximum atomic E-state index is 11.6. The number of hydrogen-bond acceptors (Lipinski definition) is 7. The third-order valence-electron chi connectivity index (χ3n) is 3.48. The largest absolute Gasteiger partial charge is 0.394 e. The van der Waals surface area contributed by atoms with E-state index in [1.165, 1.54) is 0 Å². The molecule has 0 aromatic heterocycles. The molecule has 132 valence electrons. The van der Waals surface area contributed by atoms with Crippen LogP contribution in [-0.4, -0.2) is 68.6 Å². The van der Waals surface area contributed by atoms with Gasteiger partial charge in [0.2, 0.25) is 5.91 Å². The highest BCUT2D eigenvalue weighted by Crippen LogP contribution is 2.08. The summed E-state index contributed by atoms with van der Waals surface area (Å²) in [4.78, 5) is 11.6. The molecule has 0 aromatic carbocycles. The van der Waals surface area contributed by atoms with Crippen LogP contribution in [0.5, 0.6) is 0 Å². The fraction of sp³-hybridized carbons (Fsp3) is 0.929. The predicted octanol–water partition coefficient (Wildman–Crippen LogP) is -1.82. The second-order valence-electron chi connectivity index (χ2n) is 5.48. The fourth-order valence-electron chi connectivity index (χ4n) is 1.98. The van der Waals surface area contributed by atoms with Crippen LogP contribution >= 0.6 is 0 Å². The van der Waals surface area contributed by atoms with Gasteiger partial charge in [0, 0.05) is 6.42 Å². The van der Waals surface area contributed by atoms with Crippen molar-refractivity contribution in [1.82, 2.24) is 5.32 Å². The molecule has 0 radical (unpaired) electrons. The van der Waals surface area contributed by atoms with E-state index in [-0.39, 0.29) is 12.3 Å². The average Bonchev–Trinajstić information content (AvgIpc) is 2.51. The zero-order chi connectivity index (χ0) is 17.1. The van der Waals surface area contributed by atoms with Crippen molar-refractivity contribution in [3.63, 3.8) is 0 Å². The molecule has 8 heteroatoms. The Morgan fingerprint density at radius 1 is 1.00 bits per heavy atom. The molecule has 1 amide bonds. The van der Waals surface area contributed by atoms with Gasteiger partial charge in [-0.1, -0.05) is 32.6 Å². The van der Waals surface area contributed by atoms with Crippen molar-refractivity contribution in [2.75, 3.05) is 6.61 Å². The average molecular weight is 322 g/mol. The van der Waals surface area contributed by atoms with E-state index in [2.05, 4.69) is 12.2 Å². The molecule has 0 rings (SSSR count). The minimum Gasteiger partial charge on any atom is -0.394 e. The Labute approximate surface area is 131 Å². The zero-order valence-corrected chi connectivity index (χ0v) is 13.1. The molecule has 1 unspecified atom stereocenters. The maximum Gasteiger partial charge on any atom is 0.221 e. The van der Waals surface area contributed by atoms with Gasteiger partial charge in [0.15, 0.2) is 0 Å². The van der Waals surface area contributed by atoms with E-state index in [9.17, 15) is 25.2 Å². The van der Waals surface area contributed by atoms with Crippen molar-refractivity contribution >= 4 is 5.91 Å². The number of nitrogens with two attached hydrogens (primary N) is 1. The molecule has 0 saturated heterocycles. The quantitative estimate of drug-likeness (QED) is 0.165. The number of rotatable bonds is 12. The van der Waals surface area contributed by atoms with Crippen molar-refractivity contribution in [1.29, 1.82) is 0 Å². The van der Waals surface area contributed by atoms with E-state index in [0.29, 0.717) is 6.42 Å². The molecule has 0 aromatic rings. The lowest BCUT2D eigenvalue weighted by Gasteiger charge is -2.29. The first-order valence-corrected chi connectivity index (χ1v) is 7.73. The summed E-state index contributed by atoms with van der Waals surface area (Å²) in [5, 5.41) is 49.1. The minimum absolute atomic E-state index is 0.266. The molecular weight excluding hydrogens is 292 g/mol. The van der Waals surface area contributed by atoms with Crippen molar-refractivity contribution in [2.24, 2.45) is 5.73 Å². The summed E-state index contributed by atoms with van der Waals surface area (Å²) in [6.45, 7) is 1.32. The van der Waals surface area contributed by atoms with E-state index < -0.39 is 37.2 Å². The van der Waals surface area contributed by atoms with Crippen LogP contribution in [-0.2, 0) is 4.79 Å². The number of carbonyl (C=O) groups excluding carboxylic acids is 1. The van der Waals surface area contributed by atoms with Gasteiger partial charge < -0.3 is 36.6 Å². The summed E-state index contributed by atoms with van der Waals surface area (Å²) >= 11 is 0. The molecular formula is C14H30N2O6. The number of aliphatic hydroxyl groups is 5. The van der Waals surface area contributed by atoms with E-state index in [1.54, 1.807) is 0 Å². The first-order valence-electron chi connectivity index (χ1n) is 7.73. The minimum atomic E-state index is -1.79. The third kappa shape index (κ3) is 8.02. The third-order valence-corrected chi connectivity index (χ3v) is 3.48. The van der Waals surface area contributed by atoms with E-state index >= 15 is 0 Å². The number of amides is 1. The molecule has 0 aliphatic heterocycles. The number of carbonyl (C=O) groups is 1. The van der Waals surface area contributed by atoms with Crippen molar-refractivity contribution in [3.05, 3.63) is 0 Å². The molecule has 0 fully saturated rings. The van der Waals surface area contributed by atoms with Gasteiger partial charge in [-0.2, -0.15) is 0 Å². The summed E-state index contributed by atoms with van der Waals surface area (Å²) in [6.07, 6.45) is -2.90. The first-order chi connectivity index (χ1) is 10.3. The Hall–Kier alpha value is -0.770. The summed E-state index contributed by atoms with van der Waals surface area (Å²) in [5.74, 6) is -0.354. The topological polar surface area (TPSA) is 156 Å². The van der Waals surface area contributed by atoms with Gasteiger partial charge in [-0.25, -0.2) is 0 Å². The lowest BCUT2D eigenvalue weighted by molar-refractivity contribution is -0.131. The first kappa shape index (κ1) is 21.2. The number of aliphatic hydroxyl groups excluding tert-OH is 5. The molecule has 8 nitrogen and oxygen atoms in total. The highest BCUT2D eigenvalue weighted by molar-refractivity contribution is 5.76. The van der Waals surface area contributed by atoms with Crippen LogP contribution in [0.2, 0.25) is 0 Å². The summed E-state index contributed by atoms with van der Waals surface area (Å²) < 4.78 is 0. The van der Waals surface area contributed by atoms with Crippen molar-refractivity contribution in [2.45, 2.75) is 76.0 Å². The van der Waals surface area contributed by atoms with Crippen LogP contribution in [0.4, 0.5) is 0 Å². The van der Waals surface area contributed by atoms with Gasteiger partial charge in [0.1, 0.15) is 30.6 Å². The second kappa shape index (κ2) is 11.8. The summed E-state index contributed by atoms with van der Waals surface area (Å²) in [5.41, 5.74) is 5.55. The van der Waals surface area contributed by atoms with Gasteiger partial charge in [-0.15, -0.1) is 0 Å². The van der Waals surface area contributed by atoms with E-state index in [1.807, 2.05) is 0 Å². The highest BCUT2D eigenvalue weighted by atomic mass is 16.4. The zero-order valence-electron chi connectivity index (χ0n) is 13.1. The molecule has 22 heavy (non-hydrogen) atoms. The number of hydrogen-bond donors (Lipinski definition) is 7. The van der Waals surface area contributed by atoms with Crippen LogP contribution in [0.3, 0.4) is 0 Å². The number of nitrogens with one attached hydrogen (secondary N) is 1. The van der Waals surface area contributed by atoms with Crippen LogP contribution in [0.1, 0.15) is 45.4 Å². The monoisotopic (exact) mass is 322 g/mol. The van der Waals surface area contributed by atoms with Gasteiger partial charge in [-0.05, 0) is 6.42 Å². The smallest absolute Gasteiger partial charge is 0.221 e. The normalized spacial score (nSPS) is 18.3. The maximum absolute atomic E-state index is 11.6. The van der Waals surface area contributed by atoms with Gasteiger partial charge >= 0.3 is 0 Å². The van der Waals surface area contributed by atoms with Crippen molar-refractivity contribution in [3.8, 4) is 0 Å². The number of unbranched alkanes of at least 4 members (excludes halogenated alkanes) is 4. The fourth-order valence-corrected chi connectivity index (χ4v) is 1.98. The SMILES string of the molecule is CCCCCCCC(=O)NC(N)[C@H](O)[C@@H](O)[C@H](O)[C@H](O)CO. The van der Waals surface area contributed by atoms with Crippen molar-refractivity contribution < 1.29 is 30.3 Å². The van der Waals surface area contributed by atoms with Crippen LogP contribution in [0.25, 0.3) is 0 Å².